The van der Waals surface area contributed by atoms with Crippen LogP contribution in [0.1, 0.15) is 12.0 Å². The molecule has 1 aromatic carbocycles. The van der Waals surface area contributed by atoms with E-state index in [0.29, 0.717) is 42.6 Å². The van der Waals surface area contributed by atoms with Gasteiger partial charge in [-0.3, -0.25) is 0 Å². The minimum Gasteiger partial charge on any atom is -0.486 e. The molecule has 0 atom stereocenters. The fourth-order valence-corrected chi connectivity index (χ4v) is 2.90. The third kappa shape index (κ3) is 2.76. The minimum atomic E-state index is -3.27. The van der Waals surface area contributed by atoms with E-state index in [2.05, 4.69) is 0 Å². The third-order valence-corrected chi connectivity index (χ3v) is 3.95. The van der Waals surface area contributed by atoms with Gasteiger partial charge in [0.05, 0.1) is 4.90 Å². The molecule has 2 N–H and O–H groups in total. The van der Waals surface area contributed by atoms with Crippen LogP contribution >= 0.6 is 0 Å². The van der Waals surface area contributed by atoms with E-state index in [-0.39, 0.29) is 0 Å². The van der Waals surface area contributed by atoms with E-state index < -0.39 is 9.84 Å². The van der Waals surface area contributed by atoms with Crippen molar-refractivity contribution in [3.8, 4) is 11.5 Å². The van der Waals surface area contributed by atoms with Gasteiger partial charge in [0, 0.05) is 12.3 Å². The number of ether oxygens (including phenoxy) is 2. The van der Waals surface area contributed by atoms with Crippen molar-refractivity contribution in [3.63, 3.8) is 0 Å². The van der Waals surface area contributed by atoms with E-state index in [1.54, 1.807) is 12.1 Å². The van der Waals surface area contributed by atoms with Crippen LogP contribution in [0.15, 0.2) is 17.0 Å². The highest BCUT2D eigenvalue weighted by molar-refractivity contribution is 7.90. The maximum atomic E-state index is 11.8. The summed E-state index contributed by atoms with van der Waals surface area (Å²) in [7, 11) is -3.27. The van der Waals surface area contributed by atoms with Gasteiger partial charge < -0.3 is 15.2 Å². The summed E-state index contributed by atoms with van der Waals surface area (Å²) in [5.41, 5.74) is 6.21. The Hall–Kier alpha value is -1.27. The number of hydrogen-bond donors (Lipinski definition) is 1. The molecule has 6 heteroatoms. The largest absolute Gasteiger partial charge is 0.486 e. The summed E-state index contributed by atoms with van der Waals surface area (Å²) in [4.78, 5) is 0.306. The molecule has 0 saturated heterocycles. The fourth-order valence-electron chi connectivity index (χ4n) is 1.95. The van der Waals surface area contributed by atoms with Gasteiger partial charge in [-0.15, -0.1) is 0 Å². The molecule has 0 fully saturated rings. The molecule has 1 aromatic rings. The van der Waals surface area contributed by atoms with Crippen LogP contribution in [0.3, 0.4) is 0 Å². The van der Waals surface area contributed by atoms with Crippen LogP contribution in [0, 0.1) is 0 Å². The molecule has 100 valence electrons. The van der Waals surface area contributed by atoms with Crippen LogP contribution in [0.5, 0.6) is 11.5 Å². The molecule has 1 heterocycles. The summed E-state index contributed by atoms with van der Waals surface area (Å²) < 4.78 is 34.4. The normalized spacial score (nSPS) is 14.6. The summed E-state index contributed by atoms with van der Waals surface area (Å²) in [6.07, 6.45) is 2.56. The molecule has 0 amide bonds. The Kier molecular flexibility index (Phi) is 3.77. The first-order chi connectivity index (χ1) is 8.52. The van der Waals surface area contributed by atoms with Crippen molar-refractivity contribution in [2.24, 2.45) is 5.73 Å². The Morgan fingerprint density at radius 3 is 2.39 bits per heavy atom. The van der Waals surface area contributed by atoms with E-state index in [1.165, 1.54) is 6.26 Å². The molecule has 0 spiro atoms. The van der Waals surface area contributed by atoms with Crippen molar-refractivity contribution in [1.82, 2.24) is 0 Å². The number of benzene rings is 1. The van der Waals surface area contributed by atoms with Gasteiger partial charge >= 0.3 is 0 Å². The van der Waals surface area contributed by atoms with Crippen LogP contribution in [-0.2, 0) is 16.3 Å². The number of aryl methyl sites for hydroxylation is 1. The zero-order valence-corrected chi connectivity index (χ0v) is 11.1. The standard InChI is InChI=1S/C12H17NO4S/c1-18(14,15)12-8-11-10(16-5-6-17-11)7-9(12)3-2-4-13/h7-8H,2-6,13H2,1H3. The molecular weight excluding hydrogens is 254 g/mol. The van der Waals surface area contributed by atoms with E-state index in [4.69, 9.17) is 15.2 Å². The number of fused-ring (bicyclic) bond motifs is 1. The first kappa shape index (κ1) is 13.2. The Morgan fingerprint density at radius 2 is 1.83 bits per heavy atom. The average molecular weight is 271 g/mol. The van der Waals surface area contributed by atoms with Crippen molar-refractivity contribution >= 4 is 9.84 Å². The zero-order valence-electron chi connectivity index (χ0n) is 10.3. The highest BCUT2D eigenvalue weighted by Gasteiger charge is 2.20. The van der Waals surface area contributed by atoms with Crippen molar-refractivity contribution < 1.29 is 17.9 Å². The van der Waals surface area contributed by atoms with Crippen LogP contribution in [-0.4, -0.2) is 34.4 Å². The SMILES string of the molecule is CS(=O)(=O)c1cc2c(cc1CCCN)OCCO2. The molecule has 0 radical (unpaired) electrons. The van der Waals surface area contributed by atoms with Gasteiger partial charge in [-0.1, -0.05) is 0 Å². The Labute approximate surface area is 107 Å². The highest BCUT2D eigenvalue weighted by Crippen LogP contribution is 2.35. The number of nitrogens with two attached hydrogens (primary N) is 1. The second-order valence-corrected chi connectivity index (χ2v) is 6.25. The summed E-state index contributed by atoms with van der Waals surface area (Å²) in [5, 5.41) is 0. The number of rotatable bonds is 4. The quantitative estimate of drug-likeness (QED) is 0.874. The summed E-state index contributed by atoms with van der Waals surface area (Å²) in [6, 6.07) is 3.30. The first-order valence-corrected chi connectivity index (χ1v) is 7.74. The summed E-state index contributed by atoms with van der Waals surface area (Å²) in [5.74, 6) is 1.11. The molecule has 18 heavy (non-hydrogen) atoms. The molecule has 5 nitrogen and oxygen atoms in total. The molecule has 0 bridgehead atoms. The molecule has 1 aliphatic heterocycles. The number of hydrogen-bond acceptors (Lipinski definition) is 5. The molecule has 2 rings (SSSR count). The van der Waals surface area contributed by atoms with Crippen molar-refractivity contribution in [2.45, 2.75) is 17.7 Å². The third-order valence-electron chi connectivity index (χ3n) is 2.78. The first-order valence-electron chi connectivity index (χ1n) is 5.85. The predicted octanol–water partition coefficient (Wildman–Crippen LogP) is 0.753. The van der Waals surface area contributed by atoms with Gasteiger partial charge in [0.15, 0.2) is 21.3 Å². The number of sulfone groups is 1. The second-order valence-electron chi connectivity index (χ2n) is 4.27. The van der Waals surface area contributed by atoms with Crippen LogP contribution < -0.4 is 15.2 Å². The van der Waals surface area contributed by atoms with Crippen LogP contribution in [0.4, 0.5) is 0 Å². The van der Waals surface area contributed by atoms with E-state index >= 15 is 0 Å². The molecular formula is C12H17NO4S. The summed E-state index contributed by atoms with van der Waals surface area (Å²) >= 11 is 0. The topological polar surface area (TPSA) is 78.6 Å². The molecule has 0 unspecified atom stereocenters. The lowest BCUT2D eigenvalue weighted by atomic mass is 10.1. The van der Waals surface area contributed by atoms with Gasteiger partial charge in [-0.05, 0) is 31.0 Å². The fraction of sp³-hybridized carbons (Fsp3) is 0.500. The van der Waals surface area contributed by atoms with Crippen molar-refractivity contribution in [1.29, 1.82) is 0 Å². The highest BCUT2D eigenvalue weighted by atomic mass is 32.2. The second kappa shape index (κ2) is 5.16. The summed E-state index contributed by atoms with van der Waals surface area (Å²) in [6.45, 7) is 1.46. The zero-order chi connectivity index (χ0) is 13.2. The lowest BCUT2D eigenvalue weighted by molar-refractivity contribution is 0.171. The molecule has 0 saturated carbocycles. The molecule has 0 aromatic heterocycles. The van der Waals surface area contributed by atoms with E-state index in [1.807, 2.05) is 0 Å². The maximum Gasteiger partial charge on any atom is 0.175 e. The van der Waals surface area contributed by atoms with Gasteiger partial charge in [0.25, 0.3) is 0 Å². The van der Waals surface area contributed by atoms with Crippen LogP contribution in [0.25, 0.3) is 0 Å². The monoisotopic (exact) mass is 271 g/mol. The molecule has 1 aliphatic rings. The van der Waals surface area contributed by atoms with Gasteiger partial charge in [-0.2, -0.15) is 0 Å². The van der Waals surface area contributed by atoms with Gasteiger partial charge in [0.2, 0.25) is 0 Å². The van der Waals surface area contributed by atoms with Gasteiger partial charge in [0.1, 0.15) is 13.2 Å². The Balaban J connectivity index is 2.47. The lowest BCUT2D eigenvalue weighted by Gasteiger charge is -2.20. The average Bonchev–Trinajstić information content (AvgIpc) is 2.34. The van der Waals surface area contributed by atoms with E-state index in [0.717, 1.165) is 12.0 Å². The van der Waals surface area contributed by atoms with Crippen LogP contribution in [0.2, 0.25) is 0 Å². The maximum absolute atomic E-state index is 11.8. The van der Waals surface area contributed by atoms with Crippen molar-refractivity contribution in [2.75, 3.05) is 26.0 Å². The predicted molar refractivity (Wildman–Crippen MR) is 67.9 cm³/mol. The minimum absolute atomic E-state index is 0.306. The Morgan fingerprint density at radius 1 is 1.22 bits per heavy atom. The van der Waals surface area contributed by atoms with Crippen molar-refractivity contribution in [3.05, 3.63) is 17.7 Å². The van der Waals surface area contributed by atoms with E-state index in [9.17, 15) is 8.42 Å². The smallest absolute Gasteiger partial charge is 0.175 e. The Bertz CT molecular complexity index is 539. The van der Waals surface area contributed by atoms with Gasteiger partial charge in [-0.25, -0.2) is 8.42 Å². The lowest BCUT2D eigenvalue weighted by Crippen LogP contribution is -2.17. The molecule has 0 aliphatic carbocycles.